The van der Waals surface area contributed by atoms with Crippen molar-refractivity contribution in [3.63, 3.8) is 0 Å². The molecule has 0 spiro atoms. The molecule has 0 aliphatic heterocycles. The Hall–Kier alpha value is -2.73. The highest BCUT2D eigenvalue weighted by Crippen LogP contribution is 2.27. The van der Waals surface area contributed by atoms with Gasteiger partial charge in [0.25, 0.3) is 5.52 Å². The summed E-state index contributed by atoms with van der Waals surface area (Å²) in [4.78, 5) is 0.493. The van der Waals surface area contributed by atoms with Gasteiger partial charge in [-0.15, -0.1) is 0 Å². The van der Waals surface area contributed by atoms with Gasteiger partial charge in [-0.25, -0.2) is 8.91 Å². The topological polar surface area (TPSA) is 57.1 Å². The van der Waals surface area contributed by atoms with E-state index in [2.05, 4.69) is 10.2 Å². The van der Waals surface area contributed by atoms with Crippen LogP contribution < -0.4 is 4.85 Å². The summed E-state index contributed by atoms with van der Waals surface area (Å²) < 4.78 is 15.5. The van der Waals surface area contributed by atoms with Crippen molar-refractivity contribution in [1.29, 1.82) is 0 Å². The fourth-order valence-corrected chi connectivity index (χ4v) is 2.62. The Morgan fingerprint density at radius 3 is 2.77 bits per heavy atom. The van der Waals surface area contributed by atoms with Crippen LogP contribution in [0.4, 0.5) is 4.39 Å². The minimum absolute atomic E-state index is 0.273. The summed E-state index contributed by atoms with van der Waals surface area (Å²) in [6.45, 7) is 0. The number of nitrogens with zero attached hydrogens (tertiary/aromatic N) is 4. The molecule has 0 saturated carbocycles. The summed E-state index contributed by atoms with van der Waals surface area (Å²) in [5.41, 5.74) is 1.90. The molecule has 22 heavy (non-hydrogen) atoms. The number of hydrogen-bond acceptors (Lipinski definition) is 3. The third kappa shape index (κ3) is 1.81. The fourth-order valence-electron chi connectivity index (χ4n) is 2.45. The number of rotatable bonds is 1. The molecule has 4 rings (SSSR count). The molecule has 2 aromatic carbocycles. The molecular formula is C15H8ClFN4O. The molecule has 0 aliphatic carbocycles. The standard InChI is InChI=1S/C15H8ClFN4O/c16-9-5-6-13-14(7-9)20-15(19-21(13)22)11(8-18-20)10-3-1-2-4-12(10)17/h1-8H. The summed E-state index contributed by atoms with van der Waals surface area (Å²) in [6, 6.07) is 11.1. The number of benzene rings is 2. The van der Waals surface area contributed by atoms with E-state index in [4.69, 9.17) is 11.6 Å². The third-order valence-corrected chi connectivity index (χ3v) is 3.70. The number of fused-ring (bicyclic) bond motifs is 3. The molecule has 0 unspecified atom stereocenters. The van der Waals surface area contributed by atoms with Crippen molar-refractivity contribution in [1.82, 2.24) is 14.7 Å². The van der Waals surface area contributed by atoms with Crippen molar-refractivity contribution < 1.29 is 9.24 Å². The Bertz CT molecular complexity index is 1030. The average Bonchev–Trinajstić information content (AvgIpc) is 2.91. The van der Waals surface area contributed by atoms with Gasteiger partial charge in [-0.05, 0) is 23.0 Å². The second-order valence-electron chi connectivity index (χ2n) is 4.78. The molecule has 2 aromatic heterocycles. The first kappa shape index (κ1) is 13.0. The molecular weight excluding hydrogens is 307 g/mol. The molecule has 0 atom stereocenters. The quantitative estimate of drug-likeness (QED) is 0.401. The number of aromatic nitrogens is 4. The van der Waals surface area contributed by atoms with Gasteiger partial charge in [0.2, 0.25) is 5.65 Å². The zero-order valence-corrected chi connectivity index (χ0v) is 11.8. The van der Waals surface area contributed by atoms with Gasteiger partial charge in [-0.1, -0.05) is 29.8 Å². The second kappa shape index (κ2) is 4.64. The van der Waals surface area contributed by atoms with Crippen LogP contribution in [-0.4, -0.2) is 14.7 Å². The molecule has 108 valence electrons. The van der Waals surface area contributed by atoms with Gasteiger partial charge in [0.1, 0.15) is 11.3 Å². The van der Waals surface area contributed by atoms with Crippen molar-refractivity contribution in [2.45, 2.75) is 0 Å². The van der Waals surface area contributed by atoms with Gasteiger partial charge < -0.3 is 5.21 Å². The summed E-state index contributed by atoms with van der Waals surface area (Å²) in [5.74, 6) is -0.400. The SMILES string of the molecule is [O-][n+]1nc2c(-c3ccccc3F)cnn2c2cc(Cl)ccc21. The van der Waals surface area contributed by atoms with E-state index in [1.54, 1.807) is 36.4 Å². The Labute approximate surface area is 128 Å². The van der Waals surface area contributed by atoms with Gasteiger partial charge in [-0.3, -0.25) is 0 Å². The summed E-state index contributed by atoms with van der Waals surface area (Å²) in [5, 5.41) is 20.8. The molecule has 4 aromatic rings. The smallest absolute Gasteiger partial charge is 0.270 e. The highest BCUT2D eigenvalue weighted by atomic mass is 35.5. The monoisotopic (exact) mass is 314 g/mol. The van der Waals surface area contributed by atoms with E-state index in [0.29, 0.717) is 32.0 Å². The molecule has 7 heteroatoms. The Morgan fingerprint density at radius 1 is 1.14 bits per heavy atom. The van der Waals surface area contributed by atoms with Crippen LogP contribution in [-0.2, 0) is 0 Å². The largest absolute Gasteiger partial charge is 0.594 e. The maximum Gasteiger partial charge on any atom is 0.270 e. The molecule has 0 bridgehead atoms. The molecule has 2 heterocycles. The number of halogens is 2. The first-order valence-corrected chi connectivity index (χ1v) is 6.85. The normalized spacial score (nSPS) is 11.4. The zero-order chi connectivity index (χ0) is 15.3. The van der Waals surface area contributed by atoms with E-state index < -0.39 is 5.82 Å². The predicted molar refractivity (Wildman–Crippen MR) is 79.9 cm³/mol. The first-order chi connectivity index (χ1) is 10.6. The lowest BCUT2D eigenvalue weighted by Gasteiger charge is -2.03. The molecule has 0 amide bonds. The van der Waals surface area contributed by atoms with Gasteiger partial charge in [0, 0.05) is 21.8 Å². The van der Waals surface area contributed by atoms with Crippen LogP contribution in [0, 0.1) is 11.0 Å². The van der Waals surface area contributed by atoms with Crippen LogP contribution in [0.5, 0.6) is 0 Å². The molecule has 0 N–H and O–H groups in total. The van der Waals surface area contributed by atoms with Crippen LogP contribution in [0.1, 0.15) is 0 Å². The molecule has 0 saturated heterocycles. The summed E-state index contributed by atoms with van der Waals surface area (Å²) in [6.07, 6.45) is 1.49. The Balaban J connectivity index is 2.12. The average molecular weight is 315 g/mol. The Kier molecular flexibility index (Phi) is 2.74. The summed E-state index contributed by atoms with van der Waals surface area (Å²) in [7, 11) is 0. The molecule has 0 fully saturated rings. The highest BCUT2D eigenvalue weighted by Gasteiger charge is 2.18. The minimum Gasteiger partial charge on any atom is -0.594 e. The van der Waals surface area contributed by atoms with Crippen molar-refractivity contribution in [2.24, 2.45) is 0 Å². The molecule has 0 aliphatic rings. The predicted octanol–water partition coefficient (Wildman–Crippen LogP) is 2.98. The highest BCUT2D eigenvalue weighted by molar-refractivity contribution is 6.31. The van der Waals surface area contributed by atoms with Gasteiger partial charge >= 0.3 is 0 Å². The second-order valence-corrected chi connectivity index (χ2v) is 5.22. The molecule has 5 nitrogen and oxygen atoms in total. The lowest BCUT2D eigenvalue weighted by atomic mass is 10.1. The molecule has 0 radical (unpaired) electrons. The lowest BCUT2D eigenvalue weighted by molar-refractivity contribution is -0.640. The summed E-state index contributed by atoms with van der Waals surface area (Å²) >= 11 is 5.99. The van der Waals surface area contributed by atoms with Gasteiger partial charge in [0.05, 0.1) is 11.8 Å². The van der Waals surface area contributed by atoms with E-state index in [1.165, 1.54) is 16.8 Å². The maximum atomic E-state index is 14.0. The number of hydrogen-bond donors (Lipinski definition) is 0. The zero-order valence-electron chi connectivity index (χ0n) is 11.1. The van der Waals surface area contributed by atoms with Crippen molar-refractivity contribution >= 4 is 28.3 Å². The third-order valence-electron chi connectivity index (χ3n) is 3.47. The van der Waals surface area contributed by atoms with Gasteiger partial charge in [-0.2, -0.15) is 5.10 Å². The minimum atomic E-state index is -0.400. The van der Waals surface area contributed by atoms with Gasteiger partial charge in [0.15, 0.2) is 0 Å². The van der Waals surface area contributed by atoms with E-state index in [9.17, 15) is 9.60 Å². The Morgan fingerprint density at radius 2 is 1.95 bits per heavy atom. The fraction of sp³-hybridized carbons (Fsp3) is 0. The maximum absolute atomic E-state index is 14.0. The lowest BCUT2D eigenvalue weighted by Crippen LogP contribution is -2.33. The van der Waals surface area contributed by atoms with Crippen molar-refractivity contribution in [3.8, 4) is 11.1 Å². The van der Waals surface area contributed by atoms with E-state index in [-0.39, 0.29) is 5.65 Å². The van der Waals surface area contributed by atoms with Crippen LogP contribution in [0.15, 0.2) is 48.7 Å². The van der Waals surface area contributed by atoms with Crippen molar-refractivity contribution in [2.75, 3.05) is 0 Å². The van der Waals surface area contributed by atoms with Crippen LogP contribution >= 0.6 is 11.6 Å². The van der Waals surface area contributed by atoms with Crippen LogP contribution in [0.2, 0.25) is 5.02 Å². The van der Waals surface area contributed by atoms with E-state index >= 15 is 0 Å². The van der Waals surface area contributed by atoms with Crippen LogP contribution in [0.25, 0.3) is 27.8 Å². The van der Waals surface area contributed by atoms with E-state index in [1.807, 2.05) is 0 Å². The van der Waals surface area contributed by atoms with Crippen LogP contribution in [0.3, 0.4) is 0 Å². The van der Waals surface area contributed by atoms with Crippen molar-refractivity contribution in [3.05, 3.63) is 64.7 Å². The first-order valence-electron chi connectivity index (χ1n) is 6.47. The van der Waals surface area contributed by atoms with E-state index in [0.717, 1.165) is 0 Å².